The minimum absolute atomic E-state index is 0.108. The number of anilines is 2. The van der Waals surface area contributed by atoms with Crippen LogP contribution in [0.2, 0.25) is 15.1 Å². The average molecular weight is 604 g/mol. The monoisotopic (exact) mass is 601 g/mol. The molecule has 1 fully saturated rings. The van der Waals surface area contributed by atoms with Crippen molar-refractivity contribution in [3.05, 3.63) is 86.6 Å². The van der Waals surface area contributed by atoms with Crippen LogP contribution in [0.15, 0.2) is 54.6 Å². The fourth-order valence-corrected chi connectivity index (χ4v) is 6.40. The number of amides is 2. The lowest BCUT2D eigenvalue weighted by molar-refractivity contribution is -0.117. The van der Waals surface area contributed by atoms with Gasteiger partial charge in [0.05, 0.1) is 26.7 Å². The molecule has 0 unspecified atom stereocenters. The van der Waals surface area contributed by atoms with E-state index >= 15 is 0 Å². The number of halogens is 6. The lowest BCUT2D eigenvalue weighted by Crippen LogP contribution is -2.18. The van der Waals surface area contributed by atoms with Crippen molar-refractivity contribution >= 4 is 102 Å². The maximum atomic E-state index is 13.5. The first-order valence-corrected chi connectivity index (χ1v) is 13.1. The second-order valence-corrected chi connectivity index (χ2v) is 11.9. The molecule has 2 atom stereocenters. The molecule has 0 bridgehead atoms. The van der Waals surface area contributed by atoms with Gasteiger partial charge >= 0.3 is 0 Å². The normalized spacial score (nSPS) is 18.2. The Hall–Kier alpha value is -2.13. The van der Waals surface area contributed by atoms with E-state index in [4.69, 9.17) is 58.0 Å². The highest BCUT2D eigenvalue weighted by Gasteiger charge is 2.67. The van der Waals surface area contributed by atoms with E-state index in [1.807, 2.05) is 0 Å². The summed E-state index contributed by atoms with van der Waals surface area (Å²) in [5.74, 6) is -2.67. The molecule has 1 aliphatic carbocycles. The summed E-state index contributed by atoms with van der Waals surface area (Å²) in [6.07, 6.45) is 0. The van der Waals surface area contributed by atoms with Gasteiger partial charge in [-0.15, -0.1) is 23.2 Å². The number of aromatic nitrogens is 1. The van der Waals surface area contributed by atoms with Crippen LogP contribution in [0, 0.1) is 11.7 Å². The highest BCUT2D eigenvalue weighted by Crippen LogP contribution is 2.65. The molecule has 5 nitrogen and oxygen atoms in total. The van der Waals surface area contributed by atoms with Crippen molar-refractivity contribution in [1.29, 1.82) is 0 Å². The first-order chi connectivity index (χ1) is 17.0. The fourth-order valence-electron chi connectivity index (χ4n) is 3.94. The van der Waals surface area contributed by atoms with E-state index in [0.29, 0.717) is 31.5 Å². The minimum atomic E-state index is -1.35. The van der Waals surface area contributed by atoms with Crippen molar-refractivity contribution < 1.29 is 14.0 Å². The van der Waals surface area contributed by atoms with Crippen LogP contribution in [0.1, 0.15) is 21.8 Å². The maximum absolute atomic E-state index is 13.5. The summed E-state index contributed by atoms with van der Waals surface area (Å²) in [5.41, 5.74) is 1.62. The minimum Gasteiger partial charge on any atom is -0.326 e. The highest BCUT2D eigenvalue weighted by molar-refractivity contribution is 7.22. The molecule has 0 saturated heterocycles. The van der Waals surface area contributed by atoms with Crippen LogP contribution in [0.3, 0.4) is 0 Å². The zero-order chi connectivity index (χ0) is 25.8. The molecule has 1 saturated carbocycles. The summed E-state index contributed by atoms with van der Waals surface area (Å²) in [6.45, 7) is 0. The molecule has 1 aliphatic rings. The van der Waals surface area contributed by atoms with Crippen LogP contribution in [0.5, 0.6) is 0 Å². The third kappa shape index (κ3) is 5.01. The number of nitrogens with one attached hydrogen (secondary N) is 2. The Kier molecular flexibility index (Phi) is 6.83. The molecule has 0 aliphatic heterocycles. The van der Waals surface area contributed by atoms with Gasteiger partial charge in [-0.2, -0.15) is 0 Å². The Labute approximate surface area is 233 Å². The molecule has 5 rings (SSSR count). The van der Waals surface area contributed by atoms with E-state index in [9.17, 15) is 14.0 Å². The van der Waals surface area contributed by atoms with Crippen molar-refractivity contribution in [3.8, 4) is 0 Å². The Balaban J connectivity index is 1.33. The Morgan fingerprint density at radius 2 is 1.67 bits per heavy atom. The molecule has 1 aromatic heterocycles. The molecule has 1 heterocycles. The standard InChI is InChI=1S/C24H13Cl5FN3O2S/c25-11-5-10(6-12(26)7-11)19-20(24(19,28)29)22(35)31-14-2-3-16(27)15(9-14)21(34)33-23-32-17-4-1-13(30)8-18(17)36-23/h1-9,19-20H,(H,31,35)(H,32,33,34)/t19-,20+/m0/s1. The number of carbonyl (C=O) groups excluding carboxylic acids is 2. The smallest absolute Gasteiger partial charge is 0.259 e. The van der Waals surface area contributed by atoms with E-state index < -0.39 is 33.8 Å². The molecular weight excluding hydrogens is 591 g/mol. The average Bonchev–Trinajstić information content (AvgIpc) is 3.16. The molecule has 2 amide bonds. The number of hydrogen-bond acceptors (Lipinski definition) is 4. The quantitative estimate of drug-likeness (QED) is 0.226. The molecule has 3 aromatic carbocycles. The summed E-state index contributed by atoms with van der Waals surface area (Å²) in [6, 6.07) is 13.5. The number of rotatable bonds is 5. The first-order valence-electron chi connectivity index (χ1n) is 10.3. The predicted molar refractivity (Wildman–Crippen MR) is 145 cm³/mol. The van der Waals surface area contributed by atoms with Crippen LogP contribution < -0.4 is 10.6 Å². The fraction of sp³-hybridized carbons (Fsp3) is 0.125. The van der Waals surface area contributed by atoms with Crippen molar-refractivity contribution in [2.75, 3.05) is 10.6 Å². The van der Waals surface area contributed by atoms with E-state index in [1.165, 1.54) is 30.3 Å². The van der Waals surface area contributed by atoms with Gasteiger partial charge in [0.15, 0.2) is 5.13 Å². The molecule has 36 heavy (non-hydrogen) atoms. The van der Waals surface area contributed by atoms with Crippen molar-refractivity contribution in [2.45, 2.75) is 10.3 Å². The third-order valence-corrected chi connectivity index (χ3v) is 8.27. The SMILES string of the molecule is O=C(Nc1nc2ccc(F)cc2s1)c1cc(NC(=O)[C@H]2[C@H](c3cc(Cl)cc(Cl)c3)C2(Cl)Cl)ccc1Cl. The van der Waals surface area contributed by atoms with E-state index in [0.717, 1.165) is 11.3 Å². The predicted octanol–water partition coefficient (Wildman–Crippen LogP) is 8.17. The van der Waals surface area contributed by atoms with Gasteiger partial charge in [-0.3, -0.25) is 14.9 Å². The zero-order valence-electron chi connectivity index (χ0n) is 17.8. The molecule has 12 heteroatoms. The van der Waals surface area contributed by atoms with Crippen molar-refractivity contribution in [2.24, 2.45) is 5.92 Å². The van der Waals surface area contributed by atoms with Crippen LogP contribution in [-0.2, 0) is 4.79 Å². The Morgan fingerprint density at radius 1 is 0.944 bits per heavy atom. The summed E-state index contributed by atoms with van der Waals surface area (Å²) < 4.78 is 12.7. The first kappa shape index (κ1) is 25.5. The highest BCUT2D eigenvalue weighted by atomic mass is 35.5. The van der Waals surface area contributed by atoms with Gasteiger partial charge in [0, 0.05) is 21.7 Å². The van der Waals surface area contributed by atoms with Crippen LogP contribution in [-0.4, -0.2) is 21.1 Å². The number of nitrogens with zero attached hydrogens (tertiary/aromatic N) is 1. The second-order valence-electron chi connectivity index (χ2n) is 8.10. The van der Waals surface area contributed by atoms with E-state index in [1.54, 1.807) is 24.3 Å². The largest absolute Gasteiger partial charge is 0.326 e. The van der Waals surface area contributed by atoms with Gasteiger partial charge in [0.25, 0.3) is 5.91 Å². The lowest BCUT2D eigenvalue weighted by atomic mass is 10.1. The summed E-state index contributed by atoms with van der Waals surface area (Å²) in [4.78, 5) is 30.2. The van der Waals surface area contributed by atoms with Gasteiger partial charge in [-0.05, 0) is 60.2 Å². The lowest BCUT2D eigenvalue weighted by Gasteiger charge is -2.09. The van der Waals surface area contributed by atoms with Crippen LogP contribution >= 0.6 is 69.3 Å². The van der Waals surface area contributed by atoms with Crippen LogP contribution in [0.25, 0.3) is 10.2 Å². The topological polar surface area (TPSA) is 71.1 Å². The van der Waals surface area contributed by atoms with Gasteiger partial charge < -0.3 is 5.32 Å². The summed E-state index contributed by atoms with van der Waals surface area (Å²) >= 11 is 32.4. The second kappa shape index (κ2) is 9.63. The number of hydrogen-bond donors (Lipinski definition) is 2. The van der Waals surface area contributed by atoms with Gasteiger partial charge in [0.1, 0.15) is 10.2 Å². The molecule has 0 radical (unpaired) electrons. The molecule has 2 N–H and O–H groups in total. The summed E-state index contributed by atoms with van der Waals surface area (Å²) in [7, 11) is 0. The number of alkyl halides is 2. The van der Waals surface area contributed by atoms with Crippen LogP contribution in [0.4, 0.5) is 15.2 Å². The van der Waals surface area contributed by atoms with E-state index in [-0.39, 0.29) is 15.7 Å². The van der Waals surface area contributed by atoms with Crippen molar-refractivity contribution in [3.63, 3.8) is 0 Å². The molecule has 4 aromatic rings. The Bertz CT molecular complexity index is 1520. The van der Waals surface area contributed by atoms with E-state index in [2.05, 4.69) is 15.6 Å². The van der Waals surface area contributed by atoms with Gasteiger partial charge in [0.2, 0.25) is 5.91 Å². The number of carbonyl (C=O) groups is 2. The van der Waals surface area contributed by atoms with Gasteiger partial charge in [-0.25, -0.2) is 9.37 Å². The zero-order valence-corrected chi connectivity index (χ0v) is 22.4. The number of fused-ring (bicyclic) bond motifs is 1. The maximum Gasteiger partial charge on any atom is 0.259 e. The Morgan fingerprint density at radius 3 is 2.39 bits per heavy atom. The third-order valence-electron chi connectivity index (χ3n) is 5.63. The van der Waals surface area contributed by atoms with Crippen molar-refractivity contribution in [1.82, 2.24) is 4.98 Å². The van der Waals surface area contributed by atoms with Gasteiger partial charge in [-0.1, -0.05) is 46.1 Å². The number of thiazole rings is 1. The summed E-state index contributed by atoms with van der Waals surface area (Å²) in [5, 5.41) is 6.64. The molecule has 184 valence electrons. The number of benzene rings is 3. The molecule has 0 spiro atoms. The molecular formula is C24H13Cl5FN3O2S.